The van der Waals surface area contributed by atoms with Gasteiger partial charge in [0.1, 0.15) is 0 Å². The van der Waals surface area contributed by atoms with Crippen molar-refractivity contribution in [3.8, 4) is 0 Å². The van der Waals surface area contributed by atoms with Gasteiger partial charge in [-0.25, -0.2) is 0 Å². The van der Waals surface area contributed by atoms with Crippen LogP contribution in [0.4, 0.5) is 0 Å². The van der Waals surface area contributed by atoms with Gasteiger partial charge in [-0.05, 0) is 18.6 Å². The van der Waals surface area contributed by atoms with Gasteiger partial charge in [0.15, 0.2) is 0 Å². The number of aliphatic hydroxyl groups excluding tert-OH is 1. The fourth-order valence-electron chi connectivity index (χ4n) is 0.486. The Morgan fingerprint density at radius 3 is 2.80 bits per heavy atom. The summed E-state index contributed by atoms with van der Waals surface area (Å²) in [4.78, 5) is 0. The molecular weight excluding hydrogens is 144 g/mol. The standard InChI is InChI=1S/C8H16OS/c1-3-4-5-10-7-8(2)6-9/h3-4,8-9H,5-7H2,1-2H3/b4-3+. The molecule has 0 aromatic carbocycles. The molecule has 1 nitrogen and oxygen atoms in total. The van der Waals surface area contributed by atoms with Gasteiger partial charge in [0, 0.05) is 12.4 Å². The van der Waals surface area contributed by atoms with Crippen molar-refractivity contribution in [2.45, 2.75) is 13.8 Å². The molecule has 0 rings (SSSR count). The summed E-state index contributed by atoms with van der Waals surface area (Å²) in [6.07, 6.45) is 4.19. The summed E-state index contributed by atoms with van der Waals surface area (Å²) < 4.78 is 0. The molecule has 1 atom stereocenters. The minimum atomic E-state index is 0.308. The Bertz CT molecular complexity index is 91.3. The average Bonchev–Trinajstić information content (AvgIpc) is 1.98. The Balaban J connectivity index is 3.03. The zero-order valence-corrected chi connectivity index (χ0v) is 7.53. The van der Waals surface area contributed by atoms with E-state index >= 15 is 0 Å². The molecule has 0 saturated carbocycles. The second-order valence-electron chi connectivity index (χ2n) is 2.39. The normalized spacial score (nSPS) is 14.3. The highest BCUT2D eigenvalue weighted by Crippen LogP contribution is 2.07. The molecule has 1 unspecified atom stereocenters. The molecular formula is C8H16OS. The summed E-state index contributed by atoms with van der Waals surface area (Å²) in [5.74, 6) is 2.57. The number of allylic oxidation sites excluding steroid dienone is 1. The molecule has 0 spiro atoms. The molecule has 0 aromatic rings. The largest absolute Gasteiger partial charge is 0.396 e. The van der Waals surface area contributed by atoms with E-state index in [1.807, 2.05) is 18.7 Å². The van der Waals surface area contributed by atoms with E-state index in [1.54, 1.807) is 0 Å². The first-order valence-electron chi connectivity index (χ1n) is 3.61. The Morgan fingerprint density at radius 1 is 1.60 bits per heavy atom. The SMILES string of the molecule is C/C=C/CSCC(C)CO. The van der Waals surface area contributed by atoms with Crippen LogP contribution in [0.25, 0.3) is 0 Å². The average molecular weight is 160 g/mol. The number of thioether (sulfide) groups is 1. The maximum Gasteiger partial charge on any atom is 0.0464 e. The molecule has 0 amide bonds. The quantitative estimate of drug-likeness (QED) is 0.490. The predicted molar refractivity (Wildman–Crippen MR) is 48.4 cm³/mol. The third kappa shape index (κ3) is 6.17. The van der Waals surface area contributed by atoms with E-state index in [9.17, 15) is 0 Å². The highest BCUT2D eigenvalue weighted by molar-refractivity contribution is 7.99. The van der Waals surface area contributed by atoms with Crippen molar-refractivity contribution < 1.29 is 5.11 Å². The van der Waals surface area contributed by atoms with Crippen LogP contribution in [0.2, 0.25) is 0 Å². The third-order valence-corrected chi connectivity index (χ3v) is 2.40. The summed E-state index contributed by atoms with van der Waals surface area (Å²) in [5.41, 5.74) is 0. The van der Waals surface area contributed by atoms with Crippen molar-refractivity contribution in [1.29, 1.82) is 0 Å². The second kappa shape index (κ2) is 7.16. The number of hydrogen-bond donors (Lipinski definition) is 1. The van der Waals surface area contributed by atoms with Gasteiger partial charge in [0.25, 0.3) is 0 Å². The highest BCUT2D eigenvalue weighted by Gasteiger charge is 1.96. The van der Waals surface area contributed by atoms with Gasteiger partial charge < -0.3 is 5.11 Å². The first-order valence-corrected chi connectivity index (χ1v) is 4.76. The fraction of sp³-hybridized carbons (Fsp3) is 0.750. The molecule has 2 heteroatoms. The second-order valence-corrected chi connectivity index (χ2v) is 3.47. The van der Waals surface area contributed by atoms with E-state index in [4.69, 9.17) is 5.11 Å². The Kier molecular flexibility index (Phi) is 7.20. The predicted octanol–water partition coefficient (Wildman–Crippen LogP) is 1.92. The molecule has 0 fully saturated rings. The zero-order valence-electron chi connectivity index (χ0n) is 6.71. The molecule has 0 aliphatic heterocycles. The van der Waals surface area contributed by atoms with Crippen LogP contribution in [-0.2, 0) is 0 Å². The number of aliphatic hydroxyl groups is 1. The summed E-state index contributed by atoms with van der Waals surface area (Å²) >= 11 is 1.86. The van der Waals surface area contributed by atoms with Gasteiger partial charge in [-0.1, -0.05) is 19.1 Å². The van der Waals surface area contributed by atoms with Crippen LogP contribution in [-0.4, -0.2) is 23.2 Å². The van der Waals surface area contributed by atoms with Crippen molar-refractivity contribution in [2.75, 3.05) is 18.1 Å². The molecule has 10 heavy (non-hydrogen) atoms. The van der Waals surface area contributed by atoms with E-state index < -0.39 is 0 Å². The van der Waals surface area contributed by atoms with Gasteiger partial charge in [-0.15, -0.1) is 0 Å². The van der Waals surface area contributed by atoms with Crippen LogP contribution in [0.15, 0.2) is 12.2 Å². The number of hydrogen-bond acceptors (Lipinski definition) is 2. The lowest BCUT2D eigenvalue weighted by Crippen LogP contribution is -2.03. The number of rotatable bonds is 5. The molecule has 0 heterocycles. The van der Waals surface area contributed by atoms with Crippen LogP contribution in [0.1, 0.15) is 13.8 Å². The molecule has 1 N–H and O–H groups in total. The molecule has 0 aromatic heterocycles. The topological polar surface area (TPSA) is 20.2 Å². The van der Waals surface area contributed by atoms with E-state index in [1.165, 1.54) is 0 Å². The van der Waals surface area contributed by atoms with Gasteiger partial charge in [-0.2, -0.15) is 11.8 Å². The molecule has 0 radical (unpaired) electrons. The summed E-state index contributed by atoms with van der Waals surface area (Å²) in [6.45, 7) is 4.39. The highest BCUT2D eigenvalue weighted by atomic mass is 32.2. The van der Waals surface area contributed by atoms with E-state index in [0.29, 0.717) is 12.5 Å². The molecule has 0 aliphatic rings. The van der Waals surface area contributed by atoms with Gasteiger partial charge >= 0.3 is 0 Å². The van der Waals surface area contributed by atoms with Crippen molar-refractivity contribution in [2.24, 2.45) is 5.92 Å². The van der Waals surface area contributed by atoms with Crippen molar-refractivity contribution >= 4 is 11.8 Å². The van der Waals surface area contributed by atoms with Gasteiger partial charge in [-0.3, -0.25) is 0 Å². The zero-order chi connectivity index (χ0) is 7.82. The van der Waals surface area contributed by atoms with Crippen LogP contribution in [0.5, 0.6) is 0 Å². The summed E-state index contributed by atoms with van der Waals surface area (Å²) in [6, 6.07) is 0. The lowest BCUT2D eigenvalue weighted by atomic mass is 10.2. The van der Waals surface area contributed by atoms with E-state index in [2.05, 4.69) is 19.1 Å². The van der Waals surface area contributed by atoms with Crippen molar-refractivity contribution in [3.05, 3.63) is 12.2 Å². The summed E-state index contributed by atoms with van der Waals surface area (Å²) in [5, 5.41) is 8.66. The Morgan fingerprint density at radius 2 is 2.30 bits per heavy atom. The maximum atomic E-state index is 8.66. The fourth-order valence-corrected chi connectivity index (χ4v) is 1.46. The first kappa shape index (κ1) is 10.0. The molecule has 0 bridgehead atoms. The van der Waals surface area contributed by atoms with Crippen LogP contribution in [0, 0.1) is 5.92 Å². The monoisotopic (exact) mass is 160 g/mol. The summed E-state index contributed by atoms with van der Waals surface area (Å²) in [7, 11) is 0. The van der Waals surface area contributed by atoms with E-state index in [-0.39, 0.29) is 0 Å². The van der Waals surface area contributed by atoms with E-state index in [0.717, 1.165) is 11.5 Å². The lowest BCUT2D eigenvalue weighted by Gasteiger charge is -2.04. The van der Waals surface area contributed by atoms with Crippen LogP contribution in [0.3, 0.4) is 0 Å². The minimum Gasteiger partial charge on any atom is -0.396 e. The van der Waals surface area contributed by atoms with Gasteiger partial charge in [0.05, 0.1) is 0 Å². The Hall–Kier alpha value is 0.0500. The maximum absolute atomic E-state index is 8.66. The van der Waals surface area contributed by atoms with Gasteiger partial charge in [0.2, 0.25) is 0 Å². The molecule has 0 aliphatic carbocycles. The molecule has 60 valence electrons. The third-order valence-electron chi connectivity index (χ3n) is 1.16. The first-order chi connectivity index (χ1) is 4.81. The lowest BCUT2D eigenvalue weighted by molar-refractivity contribution is 0.250. The Labute approximate surface area is 67.5 Å². The van der Waals surface area contributed by atoms with Crippen LogP contribution < -0.4 is 0 Å². The van der Waals surface area contributed by atoms with Crippen LogP contribution >= 0.6 is 11.8 Å². The van der Waals surface area contributed by atoms with Crippen molar-refractivity contribution in [3.63, 3.8) is 0 Å². The minimum absolute atomic E-state index is 0.308. The molecule has 0 saturated heterocycles. The van der Waals surface area contributed by atoms with Crippen molar-refractivity contribution in [1.82, 2.24) is 0 Å². The smallest absolute Gasteiger partial charge is 0.0464 e.